The van der Waals surface area contributed by atoms with Gasteiger partial charge < -0.3 is 9.32 Å². The van der Waals surface area contributed by atoms with E-state index in [0.717, 1.165) is 26.9 Å². The Labute approximate surface area is 164 Å². The lowest BCUT2D eigenvalue weighted by molar-refractivity contribution is -0.132. The first-order valence-corrected chi connectivity index (χ1v) is 10.2. The summed E-state index contributed by atoms with van der Waals surface area (Å²) in [6.45, 7) is 1.01. The summed E-state index contributed by atoms with van der Waals surface area (Å²) in [6, 6.07) is 11.6. The van der Waals surface area contributed by atoms with Crippen molar-refractivity contribution in [1.82, 2.24) is 14.9 Å². The zero-order valence-corrected chi connectivity index (χ0v) is 16.1. The van der Waals surface area contributed by atoms with Crippen LogP contribution in [0.25, 0.3) is 10.6 Å². The highest BCUT2D eigenvalue weighted by Crippen LogP contribution is 2.23. The van der Waals surface area contributed by atoms with Crippen LogP contribution in [0.4, 0.5) is 0 Å². The van der Waals surface area contributed by atoms with Crippen molar-refractivity contribution in [1.29, 1.82) is 0 Å². The number of carbonyl (C=O) groups is 1. The van der Waals surface area contributed by atoms with Crippen LogP contribution in [0.1, 0.15) is 16.3 Å². The molecular formula is C20H17N3O2S2. The Bertz CT molecular complexity index is 943. The van der Waals surface area contributed by atoms with Gasteiger partial charge in [0.2, 0.25) is 5.91 Å². The fourth-order valence-electron chi connectivity index (χ4n) is 2.69. The fraction of sp³-hybridized carbons (Fsp3) is 0.150. The Morgan fingerprint density at radius 1 is 1.11 bits per heavy atom. The van der Waals surface area contributed by atoms with E-state index in [2.05, 4.69) is 9.97 Å². The molecule has 0 saturated carbocycles. The number of amides is 1. The lowest BCUT2D eigenvalue weighted by atomic mass is 10.2. The van der Waals surface area contributed by atoms with E-state index in [1.54, 1.807) is 30.0 Å². The third kappa shape index (κ3) is 4.50. The van der Waals surface area contributed by atoms with Gasteiger partial charge in [0, 0.05) is 28.2 Å². The van der Waals surface area contributed by atoms with E-state index in [9.17, 15) is 4.79 Å². The zero-order valence-electron chi connectivity index (χ0n) is 14.4. The van der Waals surface area contributed by atoms with Crippen molar-refractivity contribution in [3.05, 3.63) is 82.1 Å². The van der Waals surface area contributed by atoms with Gasteiger partial charge in [-0.25, -0.2) is 4.98 Å². The number of carbonyl (C=O) groups excluding carboxylic acids is 1. The second kappa shape index (κ2) is 8.28. The minimum Gasteiger partial charge on any atom is -0.467 e. The molecular weight excluding hydrogens is 378 g/mol. The maximum atomic E-state index is 13.0. The maximum absolute atomic E-state index is 13.0. The maximum Gasteiger partial charge on any atom is 0.229 e. The molecule has 0 spiro atoms. The standard InChI is InChI=1S/C20H17N3O2S2/c24-19(10-16-14-27-20(22-16)15-4-1-7-21-11-15)23(12-17-5-2-8-25-17)13-18-6-3-9-26-18/h1-9,11,14H,10,12-13H2. The first kappa shape index (κ1) is 17.6. The number of hydrogen-bond acceptors (Lipinski definition) is 6. The summed E-state index contributed by atoms with van der Waals surface area (Å²) in [5.74, 6) is 0.803. The summed E-state index contributed by atoms with van der Waals surface area (Å²) in [6.07, 6.45) is 5.41. The van der Waals surface area contributed by atoms with Gasteiger partial charge in [0.25, 0.3) is 0 Å². The summed E-state index contributed by atoms with van der Waals surface area (Å²) >= 11 is 3.17. The lowest BCUT2D eigenvalue weighted by Crippen LogP contribution is -2.31. The fourth-order valence-corrected chi connectivity index (χ4v) is 4.22. The Morgan fingerprint density at radius 2 is 2.07 bits per heavy atom. The van der Waals surface area contributed by atoms with Crippen molar-refractivity contribution >= 4 is 28.6 Å². The molecule has 0 unspecified atom stereocenters. The van der Waals surface area contributed by atoms with Gasteiger partial charge in [0.05, 0.1) is 31.5 Å². The highest BCUT2D eigenvalue weighted by Gasteiger charge is 2.18. The third-order valence-electron chi connectivity index (χ3n) is 4.00. The van der Waals surface area contributed by atoms with Crippen LogP contribution in [0.5, 0.6) is 0 Å². The van der Waals surface area contributed by atoms with Crippen molar-refractivity contribution < 1.29 is 9.21 Å². The van der Waals surface area contributed by atoms with E-state index in [4.69, 9.17) is 4.42 Å². The van der Waals surface area contributed by atoms with Crippen molar-refractivity contribution in [2.24, 2.45) is 0 Å². The molecule has 0 fully saturated rings. The van der Waals surface area contributed by atoms with Crippen LogP contribution in [0.15, 0.2) is 70.2 Å². The van der Waals surface area contributed by atoms with E-state index in [-0.39, 0.29) is 12.3 Å². The van der Waals surface area contributed by atoms with Gasteiger partial charge in [0.1, 0.15) is 10.8 Å². The second-order valence-corrected chi connectivity index (χ2v) is 7.86. The van der Waals surface area contributed by atoms with Gasteiger partial charge >= 0.3 is 0 Å². The SMILES string of the molecule is O=C(Cc1csc(-c2cccnc2)n1)N(Cc1ccco1)Cc1cccs1. The van der Waals surface area contributed by atoms with E-state index in [0.29, 0.717) is 13.1 Å². The van der Waals surface area contributed by atoms with Crippen LogP contribution in [0.3, 0.4) is 0 Å². The zero-order chi connectivity index (χ0) is 18.5. The molecule has 0 aliphatic carbocycles. The second-order valence-electron chi connectivity index (χ2n) is 5.97. The average Bonchev–Trinajstić information content (AvgIpc) is 3.45. The van der Waals surface area contributed by atoms with E-state index < -0.39 is 0 Å². The largest absolute Gasteiger partial charge is 0.467 e. The molecule has 5 nitrogen and oxygen atoms in total. The number of aromatic nitrogens is 2. The molecule has 4 aromatic rings. The minimum absolute atomic E-state index is 0.0304. The third-order valence-corrected chi connectivity index (χ3v) is 5.80. The molecule has 0 N–H and O–H groups in total. The number of furan rings is 1. The smallest absolute Gasteiger partial charge is 0.229 e. The topological polar surface area (TPSA) is 59.2 Å². The highest BCUT2D eigenvalue weighted by molar-refractivity contribution is 7.13. The van der Waals surface area contributed by atoms with Crippen molar-refractivity contribution in [2.45, 2.75) is 19.5 Å². The molecule has 0 aromatic carbocycles. The van der Waals surface area contributed by atoms with Crippen LogP contribution >= 0.6 is 22.7 Å². The van der Waals surface area contributed by atoms with Gasteiger partial charge in [-0.1, -0.05) is 6.07 Å². The molecule has 136 valence electrons. The predicted molar refractivity (Wildman–Crippen MR) is 106 cm³/mol. The quantitative estimate of drug-likeness (QED) is 0.458. The van der Waals surface area contributed by atoms with Crippen molar-refractivity contribution in [2.75, 3.05) is 0 Å². The molecule has 4 aromatic heterocycles. The summed E-state index contributed by atoms with van der Waals surface area (Å²) in [4.78, 5) is 24.6. The molecule has 27 heavy (non-hydrogen) atoms. The molecule has 0 aliphatic rings. The average molecular weight is 396 g/mol. The molecule has 0 bridgehead atoms. The Balaban J connectivity index is 1.48. The van der Waals surface area contributed by atoms with Gasteiger partial charge in [0.15, 0.2) is 0 Å². The van der Waals surface area contributed by atoms with Crippen LogP contribution in [-0.2, 0) is 24.3 Å². The summed E-state index contributed by atoms with van der Waals surface area (Å²) in [5.41, 5.74) is 1.74. The molecule has 4 heterocycles. The van der Waals surface area contributed by atoms with E-state index in [1.807, 2.05) is 52.1 Å². The number of pyridine rings is 1. The van der Waals surface area contributed by atoms with Gasteiger partial charge in [-0.2, -0.15) is 0 Å². The van der Waals surface area contributed by atoms with Crippen molar-refractivity contribution in [3.63, 3.8) is 0 Å². The van der Waals surface area contributed by atoms with Gasteiger partial charge in [-0.3, -0.25) is 9.78 Å². The monoisotopic (exact) mass is 395 g/mol. The molecule has 7 heteroatoms. The van der Waals surface area contributed by atoms with Gasteiger partial charge in [-0.05, 0) is 35.7 Å². The first-order valence-electron chi connectivity index (χ1n) is 8.45. The molecule has 0 radical (unpaired) electrons. The number of rotatable bonds is 7. The summed E-state index contributed by atoms with van der Waals surface area (Å²) in [5, 5.41) is 4.84. The van der Waals surface area contributed by atoms with Crippen molar-refractivity contribution in [3.8, 4) is 10.6 Å². The Hall–Kier alpha value is -2.77. The Kier molecular flexibility index (Phi) is 5.41. The van der Waals surface area contributed by atoms with Gasteiger partial charge in [-0.15, -0.1) is 22.7 Å². The molecule has 4 rings (SSSR count). The Morgan fingerprint density at radius 3 is 2.81 bits per heavy atom. The highest BCUT2D eigenvalue weighted by atomic mass is 32.1. The number of nitrogens with zero attached hydrogens (tertiary/aromatic N) is 3. The van der Waals surface area contributed by atoms with Crippen LogP contribution in [0, 0.1) is 0 Å². The number of thiazole rings is 1. The summed E-state index contributed by atoms with van der Waals surface area (Å²) in [7, 11) is 0. The minimum atomic E-state index is 0.0304. The summed E-state index contributed by atoms with van der Waals surface area (Å²) < 4.78 is 5.43. The van der Waals surface area contributed by atoms with Crippen LogP contribution in [0.2, 0.25) is 0 Å². The van der Waals surface area contributed by atoms with Crippen LogP contribution in [-0.4, -0.2) is 20.8 Å². The number of thiophene rings is 1. The van der Waals surface area contributed by atoms with E-state index >= 15 is 0 Å². The number of hydrogen-bond donors (Lipinski definition) is 0. The van der Waals surface area contributed by atoms with E-state index in [1.165, 1.54) is 11.3 Å². The molecule has 0 aliphatic heterocycles. The molecule has 1 amide bonds. The molecule has 0 atom stereocenters. The lowest BCUT2D eigenvalue weighted by Gasteiger charge is -2.20. The molecule has 0 saturated heterocycles. The van der Waals surface area contributed by atoms with Crippen LogP contribution < -0.4 is 0 Å². The predicted octanol–water partition coefficient (Wildman–Crippen LogP) is 4.63. The first-order chi connectivity index (χ1) is 13.3. The normalized spacial score (nSPS) is 10.8.